The van der Waals surface area contributed by atoms with Crippen molar-refractivity contribution in [1.82, 2.24) is 10.2 Å². The van der Waals surface area contributed by atoms with Crippen molar-refractivity contribution in [2.75, 3.05) is 19.6 Å². The van der Waals surface area contributed by atoms with Crippen LogP contribution in [0.1, 0.15) is 67.7 Å². The molecule has 0 aromatic rings. The van der Waals surface area contributed by atoms with Crippen LogP contribution < -0.4 is 5.32 Å². The van der Waals surface area contributed by atoms with Gasteiger partial charge in [0, 0.05) is 25.2 Å². The molecule has 1 aliphatic heterocycles. The Balaban J connectivity index is 2.62. The lowest BCUT2D eigenvalue weighted by Gasteiger charge is -2.44. The van der Waals surface area contributed by atoms with Crippen molar-refractivity contribution < 1.29 is 0 Å². The number of nitrogens with zero attached hydrogens (tertiary/aromatic N) is 1. The fourth-order valence-corrected chi connectivity index (χ4v) is 3.20. The molecule has 3 unspecified atom stereocenters. The van der Waals surface area contributed by atoms with Gasteiger partial charge in [0.15, 0.2) is 0 Å². The largest absolute Gasteiger partial charge is 0.311 e. The molecule has 1 saturated heterocycles. The summed E-state index contributed by atoms with van der Waals surface area (Å²) in [5, 5.41) is 3.80. The van der Waals surface area contributed by atoms with E-state index in [4.69, 9.17) is 0 Å². The van der Waals surface area contributed by atoms with Gasteiger partial charge in [0.2, 0.25) is 0 Å². The third kappa shape index (κ3) is 6.13. The molecular weight excluding hydrogens is 244 g/mol. The van der Waals surface area contributed by atoms with Crippen LogP contribution in [0.5, 0.6) is 0 Å². The van der Waals surface area contributed by atoms with Crippen LogP contribution in [0, 0.1) is 17.3 Å². The standard InChI is InChI=1S/C18H38N2/c1-8-15(4)17-12-19-16(11-14(2)3)13-20(17)10-9-18(5,6)7/h14-17,19H,8-13H2,1-7H3. The van der Waals surface area contributed by atoms with Crippen LogP contribution in [-0.4, -0.2) is 36.6 Å². The fourth-order valence-electron chi connectivity index (χ4n) is 3.20. The maximum absolute atomic E-state index is 3.80. The van der Waals surface area contributed by atoms with Crippen molar-refractivity contribution >= 4 is 0 Å². The summed E-state index contributed by atoms with van der Waals surface area (Å²) in [5.74, 6) is 1.58. The van der Waals surface area contributed by atoms with Gasteiger partial charge >= 0.3 is 0 Å². The third-order valence-corrected chi connectivity index (χ3v) is 4.75. The average Bonchev–Trinajstić information content (AvgIpc) is 2.34. The Morgan fingerprint density at radius 2 is 1.85 bits per heavy atom. The summed E-state index contributed by atoms with van der Waals surface area (Å²) in [4.78, 5) is 2.78. The predicted molar refractivity (Wildman–Crippen MR) is 90.1 cm³/mol. The summed E-state index contributed by atoms with van der Waals surface area (Å²) in [6.45, 7) is 20.2. The van der Waals surface area contributed by atoms with E-state index in [0.29, 0.717) is 11.5 Å². The minimum absolute atomic E-state index is 0.443. The lowest BCUT2D eigenvalue weighted by atomic mass is 9.89. The van der Waals surface area contributed by atoms with Gasteiger partial charge in [0.25, 0.3) is 0 Å². The Labute approximate surface area is 127 Å². The van der Waals surface area contributed by atoms with Crippen LogP contribution in [0.2, 0.25) is 0 Å². The van der Waals surface area contributed by atoms with Crippen LogP contribution in [0.25, 0.3) is 0 Å². The summed E-state index contributed by atoms with van der Waals surface area (Å²) < 4.78 is 0. The van der Waals surface area contributed by atoms with E-state index in [2.05, 4.69) is 58.7 Å². The second-order valence-electron chi connectivity index (χ2n) is 8.49. The monoisotopic (exact) mass is 282 g/mol. The minimum Gasteiger partial charge on any atom is -0.311 e. The van der Waals surface area contributed by atoms with E-state index >= 15 is 0 Å². The van der Waals surface area contributed by atoms with Crippen LogP contribution >= 0.6 is 0 Å². The van der Waals surface area contributed by atoms with Gasteiger partial charge in [-0.05, 0) is 36.6 Å². The lowest BCUT2D eigenvalue weighted by Crippen LogP contribution is -2.59. The zero-order valence-corrected chi connectivity index (χ0v) is 15.0. The maximum atomic E-state index is 3.80. The fraction of sp³-hybridized carbons (Fsp3) is 1.00. The smallest absolute Gasteiger partial charge is 0.0246 e. The Morgan fingerprint density at radius 1 is 1.20 bits per heavy atom. The second-order valence-corrected chi connectivity index (χ2v) is 8.49. The van der Waals surface area contributed by atoms with Crippen LogP contribution in [0.4, 0.5) is 0 Å². The zero-order valence-electron chi connectivity index (χ0n) is 15.0. The van der Waals surface area contributed by atoms with Gasteiger partial charge < -0.3 is 5.32 Å². The summed E-state index contributed by atoms with van der Waals surface area (Å²) >= 11 is 0. The average molecular weight is 283 g/mol. The Bertz CT molecular complexity index is 267. The molecule has 1 aliphatic rings. The molecule has 3 atom stereocenters. The molecule has 1 heterocycles. The van der Waals surface area contributed by atoms with Gasteiger partial charge in [-0.1, -0.05) is 54.9 Å². The molecule has 0 aliphatic carbocycles. The molecule has 20 heavy (non-hydrogen) atoms. The van der Waals surface area contributed by atoms with Gasteiger partial charge in [0.1, 0.15) is 0 Å². The lowest BCUT2D eigenvalue weighted by molar-refractivity contribution is 0.0749. The molecule has 0 radical (unpaired) electrons. The maximum Gasteiger partial charge on any atom is 0.0246 e. The normalized spacial score (nSPS) is 27.0. The topological polar surface area (TPSA) is 15.3 Å². The SMILES string of the molecule is CCC(C)C1CNC(CC(C)C)CN1CCC(C)(C)C. The van der Waals surface area contributed by atoms with Crippen LogP contribution in [-0.2, 0) is 0 Å². The van der Waals surface area contributed by atoms with E-state index in [1.54, 1.807) is 0 Å². The van der Waals surface area contributed by atoms with Crippen molar-refractivity contribution in [2.45, 2.75) is 79.8 Å². The summed E-state index contributed by atoms with van der Waals surface area (Å²) in [6.07, 6.45) is 3.89. The highest BCUT2D eigenvalue weighted by Crippen LogP contribution is 2.24. The number of hydrogen-bond donors (Lipinski definition) is 1. The van der Waals surface area contributed by atoms with Crippen molar-refractivity contribution in [3.05, 3.63) is 0 Å². The van der Waals surface area contributed by atoms with E-state index < -0.39 is 0 Å². The number of rotatable bonds is 6. The highest BCUT2D eigenvalue weighted by Gasteiger charge is 2.31. The molecule has 1 rings (SSSR count). The third-order valence-electron chi connectivity index (χ3n) is 4.75. The van der Waals surface area contributed by atoms with Gasteiger partial charge in [-0.3, -0.25) is 4.90 Å². The number of piperazine rings is 1. The van der Waals surface area contributed by atoms with E-state index in [1.807, 2.05) is 0 Å². The van der Waals surface area contributed by atoms with E-state index in [1.165, 1.54) is 38.9 Å². The van der Waals surface area contributed by atoms with Crippen LogP contribution in [0.3, 0.4) is 0 Å². The second kappa shape index (κ2) is 7.79. The first-order chi connectivity index (χ1) is 9.23. The molecule has 0 saturated carbocycles. The quantitative estimate of drug-likeness (QED) is 0.787. The first kappa shape index (κ1) is 18.0. The molecule has 0 aromatic carbocycles. The molecule has 2 heteroatoms. The summed E-state index contributed by atoms with van der Waals surface area (Å²) in [7, 11) is 0. The molecule has 0 aromatic heterocycles. The highest BCUT2D eigenvalue weighted by atomic mass is 15.2. The Kier molecular flexibility index (Phi) is 7.00. The summed E-state index contributed by atoms with van der Waals surface area (Å²) in [6, 6.07) is 1.42. The van der Waals surface area contributed by atoms with Crippen molar-refractivity contribution in [3.8, 4) is 0 Å². The van der Waals surface area contributed by atoms with Gasteiger partial charge in [-0.2, -0.15) is 0 Å². The van der Waals surface area contributed by atoms with Crippen molar-refractivity contribution in [1.29, 1.82) is 0 Å². The minimum atomic E-state index is 0.443. The molecule has 0 spiro atoms. The van der Waals surface area contributed by atoms with E-state index in [-0.39, 0.29) is 0 Å². The molecule has 1 fully saturated rings. The van der Waals surface area contributed by atoms with E-state index in [9.17, 15) is 0 Å². The molecule has 0 bridgehead atoms. The first-order valence-electron chi connectivity index (χ1n) is 8.70. The number of nitrogens with one attached hydrogen (secondary N) is 1. The van der Waals surface area contributed by atoms with Gasteiger partial charge in [0.05, 0.1) is 0 Å². The van der Waals surface area contributed by atoms with E-state index in [0.717, 1.165) is 17.9 Å². The Morgan fingerprint density at radius 3 is 2.35 bits per heavy atom. The predicted octanol–water partition coefficient (Wildman–Crippen LogP) is 4.16. The van der Waals surface area contributed by atoms with Gasteiger partial charge in [-0.15, -0.1) is 0 Å². The first-order valence-corrected chi connectivity index (χ1v) is 8.70. The molecular formula is C18H38N2. The zero-order chi connectivity index (χ0) is 15.3. The van der Waals surface area contributed by atoms with Crippen molar-refractivity contribution in [3.63, 3.8) is 0 Å². The molecule has 1 N–H and O–H groups in total. The molecule has 0 amide bonds. The van der Waals surface area contributed by atoms with Crippen molar-refractivity contribution in [2.24, 2.45) is 17.3 Å². The highest BCUT2D eigenvalue weighted by molar-refractivity contribution is 4.89. The number of hydrogen-bond acceptors (Lipinski definition) is 2. The summed E-state index contributed by atoms with van der Waals surface area (Å²) in [5.41, 5.74) is 0.443. The van der Waals surface area contributed by atoms with Crippen LogP contribution in [0.15, 0.2) is 0 Å². The Hall–Kier alpha value is -0.0800. The van der Waals surface area contributed by atoms with Gasteiger partial charge in [-0.25, -0.2) is 0 Å². The molecule has 2 nitrogen and oxygen atoms in total. The molecule has 120 valence electrons.